The number of aliphatic hydroxyl groups is 2. The highest BCUT2D eigenvalue weighted by Crippen LogP contribution is 2.31. The van der Waals surface area contributed by atoms with E-state index < -0.39 is 12.0 Å². The maximum Gasteiger partial charge on any atom is 0.271 e. The third-order valence-electron chi connectivity index (χ3n) is 4.10. The molecule has 0 bridgehead atoms. The highest BCUT2D eigenvalue weighted by atomic mass is 35.5. The molecule has 2 aromatic heterocycles. The molecule has 3 rings (SSSR count). The van der Waals surface area contributed by atoms with E-state index in [0.29, 0.717) is 26.4 Å². The van der Waals surface area contributed by atoms with Gasteiger partial charge in [0, 0.05) is 0 Å². The molecule has 3 aromatic rings. The maximum atomic E-state index is 12.8. The Morgan fingerprint density at radius 2 is 2.03 bits per heavy atom. The molecule has 0 saturated heterocycles. The van der Waals surface area contributed by atoms with E-state index in [0.717, 1.165) is 34.0 Å². The van der Waals surface area contributed by atoms with Crippen molar-refractivity contribution in [2.24, 2.45) is 10.7 Å². The molecule has 0 radical (unpaired) electrons. The van der Waals surface area contributed by atoms with Crippen LogP contribution < -0.4 is 21.9 Å². The number of aromatic amines is 1. The SMILES string of the molecule is Cc1cc(C)c(NC(=O)c2sc(Nc3s[nH]c(=O)c3C(N)=NC(O)O)nc2C)c(Cl)c1. The van der Waals surface area contributed by atoms with E-state index in [2.05, 4.69) is 25.0 Å². The molecule has 13 heteroatoms. The minimum Gasteiger partial charge on any atom is -0.383 e. The van der Waals surface area contributed by atoms with Gasteiger partial charge in [0.2, 0.25) is 0 Å². The molecular weight excluding hydrogens is 464 g/mol. The number of carbonyl (C=O) groups excluding carboxylic acids is 1. The first-order valence-corrected chi connectivity index (χ1v) is 10.8. The number of halogens is 1. The molecule has 164 valence electrons. The van der Waals surface area contributed by atoms with Gasteiger partial charge >= 0.3 is 0 Å². The van der Waals surface area contributed by atoms with Crippen molar-refractivity contribution in [2.75, 3.05) is 10.6 Å². The fraction of sp³-hybridized carbons (Fsp3) is 0.222. The van der Waals surface area contributed by atoms with E-state index >= 15 is 0 Å². The number of aryl methyl sites for hydroxylation is 3. The zero-order valence-electron chi connectivity index (χ0n) is 16.6. The molecule has 1 amide bonds. The fourth-order valence-electron chi connectivity index (χ4n) is 2.81. The first kappa shape index (κ1) is 22.9. The van der Waals surface area contributed by atoms with Crippen LogP contribution in [0.1, 0.15) is 32.1 Å². The van der Waals surface area contributed by atoms with Crippen molar-refractivity contribution >= 4 is 62.0 Å². The Labute approximate surface area is 189 Å². The van der Waals surface area contributed by atoms with E-state index in [1.54, 1.807) is 13.0 Å². The van der Waals surface area contributed by atoms with Crippen molar-refractivity contribution in [1.29, 1.82) is 0 Å². The maximum absolute atomic E-state index is 12.8. The first-order chi connectivity index (χ1) is 14.6. The Balaban J connectivity index is 1.86. The molecule has 31 heavy (non-hydrogen) atoms. The molecule has 10 nitrogen and oxygen atoms in total. The highest BCUT2D eigenvalue weighted by Gasteiger charge is 2.21. The fourth-order valence-corrected chi connectivity index (χ4v) is 4.86. The number of amidine groups is 1. The van der Waals surface area contributed by atoms with Gasteiger partial charge in [-0.2, -0.15) is 0 Å². The molecule has 0 saturated carbocycles. The van der Waals surface area contributed by atoms with Crippen LogP contribution in [0, 0.1) is 20.8 Å². The van der Waals surface area contributed by atoms with Crippen LogP contribution in [0.15, 0.2) is 21.9 Å². The highest BCUT2D eigenvalue weighted by molar-refractivity contribution is 7.18. The van der Waals surface area contributed by atoms with Gasteiger partial charge in [-0.15, -0.1) is 0 Å². The van der Waals surface area contributed by atoms with Crippen molar-refractivity contribution in [2.45, 2.75) is 27.2 Å². The average Bonchev–Trinajstić information content (AvgIpc) is 3.20. The van der Waals surface area contributed by atoms with Crippen molar-refractivity contribution < 1.29 is 15.0 Å². The summed E-state index contributed by atoms with van der Waals surface area (Å²) in [7, 11) is 0. The predicted molar refractivity (Wildman–Crippen MR) is 123 cm³/mol. The normalized spacial score (nSPS) is 11.8. The Morgan fingerprint density at radius 3 is 2.68 bits per heavy atom. The van der Waals surface area contributed by atoms with Gasteiger partial charge in [-0.3, -0.25) is 14.0 Å². The quantitative estimate of drug-likeness (QED) is 0.178. The number of anilines is 3. The zero-order valence-corrected chi connectivity index (χ0v) is 19.0. The second-order valence-corrected chi connectivity index (χ2v) is 8.77. The van der Waals surface area contributed by atoms with Crippen molar-refractivity contribution in [3.8, 4) is 0 Å². The first-order valence-electron chi connectivity index (χ1n) is 8.80. The van der Waals surface area contributed by atoms with Crippen LogP contribution in [0.4, 0.5) is 15.8 Å². The van der Waals surface area contributed by atoms with E-state index in [4.69, 9.17) is 27.5 Å². The van der Waals surface area contributed by atoms with E-state index in [1.165, 1.54) is 0 Å². The molecule has 0 unspecified atom stereocenters. The molecule has 0 spiro atoms. The summed E-state index contributed by atoms with van der Waals surface area (Å²) >= 11 is 8.28. The lowest BCUT2D eigenvalue weighted by Gasteiger charge is -2.11. The van der Waals surface area contributed by atoms with E-state index in [1.807, 2.05) is 19.9 Å². The average molecular weight is 483 g/mol. The number of amides is 1. The number of hydrogen-bond acceptors (Lipinski definition) is 9. The molecule has 0 aliphatic heterocycles. The molecule has 2 heterocycles. The molecule has 0 aliphatic rings. The van der Waals surface area contributed by atoms with Gasteiger partial charge < -0.3 is 26.6 Å². The lowest BCUT2D eigenvalue weighted by Crippen LogP contribution is -2.24. The predicted octanol–water partition coefficient (Wildman–Crippen LogP) is 2.44. The topological polar surface area (TPSA) is 166 Å². The van der Waals surface area contributed by atoms with Crippen LogP contribution in [0.3, 0.4) is 0 Å². The van der Waals surface area contributed by atoms with E-state index in [-0.39, 0.29) is 22.3 Å². The Hall–Kier alpha value is -2.77. The molecule has 7 N–H and O–H groups in total. The van der Waals surface area contributed by atoms with Crippen LogP contribution in [0.5, 0.6) is 0 Å². The Morgan fingerprint density at radius 1 is 1.32 bits per heavy atom. The van der Waals surface area contributed by atoms with Gasteiger partial charge in [-0.05, 0) is 49.5 Å². The molecule has 0 fully saturated rings. The van der Waals surface area contributed by atoms with Gasteiger partial charge in [0.15, 0.2) is 5.13 Å². The third-order valence-corrected chi connectivity index (χ3v) is 6.27. The number of thiazole rings is 1. The number of H-pyrrole nitrogens is 1. The second-order valence-electron chi connectivity index (χ2n) is 6.55. The molecule has 1 aromatic carbocycles. The van der Waals surface area contributed by atoms with E-state index in [9.17, 15) is 9.59 Å². The number of nitrogens with one attached hydrogen (secondary N) is 3. The van der Waals surface area contributed by atoms with Gasteiger partial charge in [0.1, 0.15) is 21.3 Å². The summed E-state index contributed by atoms with van der Waals surface area (Å²) in [5.74, 6) is -0.723. The Bertz CT molecular complexity index is 1210. The van der Waals surface area contributed by atoms with Gasteiger partial charge in [0.05, 0.1) is 16.4 Å². The summed E-state index contributed by atoms with van der Waals surface area (Å²) in [6.07, 6.45) is -2.05. The summed E-state index contributed by atoms with van der Waals surface area (Å²) in [5, 5.41) is 24.7. The van der Waals surface area contributed by atoms with Gasteiger partial charge in [-0.25, -0.2) is 9.98 Å². The standard InChI is InChI=1S/C18H19ClN6O4S2/c1-6-4-7(2)11(9(19)5-6)22-15(27)12-8(3)21-17(30-12)24-16-10(14(26)25-31-16)13(20)23-18(28)29/h4-5,18,28-29H,1-3H3,(H2,20,23)(H,21,24)(H,22,27)(H,25,26). The minimum absolute atomic E-state index is 0.0565. The number of hydrogen-bond donors (Lipinski definition) is 6. The third kappa shape index (κ3) is 5.11. The lowest BCUT2D eigenvalue weighted by molar-refractivity contribution is -0.0310. The number of benzene rings is 1. The summed E-state index contributed by atoms with van der Waals surface area (Å²) in [6, 6.07) is 3.68. The minimum atomic E-state index is -2.05. The molecule has 0 atom stereocenters. The number of rotatable bonds is 6. The molecular formula is C18H19ClN6O4S2. The van der Waals surface area contributed by atoms with Crippen molar-refractivity contribution in [3.63, 3.8) is 0 Å². The van der Waals surface area contributed by atoms with Crippen LogP contribution in [0.2, 0.25) is 5.02 Å². The summed E-state index contributed by atoms with van der Waals surface area (Å²) in [4.78, 5) is 32.9. The number of aromatic nitrogens is 2. The summed E-state index contributed by atoms with van der Waals surface area (Å²) in [5.41, 5.74) is 7.90. The molecule has 0 aliphatic carbocycles. The summed E-state index contributed by atoms with van der Waals surface area (Å²) in [6.45, 7) is 5.45. The van der Waals surface area contributed by atoms with Crippen molar-refractivity contribution in [3.05, 3.63) is 54.8 Å². The van der Waals surface area contributed by atoms with Crippen LogP contribution in [-0.4, -0.2) is 37.7 Å². The monoisotopic (exact) mass is 482 g/mol. The zero-order chi connectivity index (χ0) is 22.9. The number of nitrogens with two attached hydrogens (primary N) is 1. The van der Waals surface area contributed by atoms with Crippen LogP contribution in [-0.2, 0) is 0 Å². The van der Waals surface area contributed by atoms with Crippen molar-refractivity contribution in [1.82, 2.24) is 9.36 Å². The van der Waals surface area contributed by atoms with Gasteiger partial charge in [0.25, 0.3) is 17.9 Å². The smallest absolute Gasteiger partial charge is 0.271 e. The lowest BCUT2D eigenvalue weighted by atomic mass is 10.1. The number of aliphatic hydroxyl groups excluding tert-OH is 1. The van der Waals surface area contributed by atoms with Crippen LogP contribution >= 0.6 is 34.5 Å². The number of aliphatic imine (C=N–C) groups is 1. The number of carbonyl (C=O) groups is 1. The largest absolute Gasteiger partial charge is 0.383 e. The summed E-state index contributed by atoms with van der Waals surface area (Å²) < 4.78 is 2.49. The van der Waals surface area contributed by atoms with Crippen LogP contribution in [0.25, 0.3) is 0 Å². The second kappa shape index (κ2) is 9.16. The number of nitrogens with zero attached hydrogens (tertiary/aromatic N) is 2. The Kier molecular flexibility index (Phi) is 6.77. The van der Waals surface area contributed by atoms with Gasteiger partial charge in [-0.1, -0.05) is 29.0 Å².